The lowest BCUT2D eigenvalue weighted by Gasteiger charge is -2.39. The van der Waals surface area contributed by atoms with E-state index in [1.165, 1.54) is 12.1 Å². The summed E-state index contributed by atoms with van der Waals surface area (Å²) in [5, 5.41) is 3.38. The van der Waals surface area contributed by atoms with Crippen LogP contribution in [0.5, 0.6) is 5.75 Å². The Bertz CT molecular complexity index is 839. The second-order valence-electron chi connectivity index (χ2n) is 7.35. The predicted octanol–water partition coefficient (Wildman–Crippen LogP) is 2.55. The third-order valence-electron chi connectivity index (χ3n) is 5.53. The summed E-state index contributed by atoms with van der Waals surface area (Å²) in [6.07, 6.45) is 6.77. The van der Waals surface area contributed by atoms with Crippen molar-refractivity contribution in [2.45, 2.75) is 32.5 Å². The average Bonchev–Trinajstić information content (AvgIpc) is 3.23. The molecule has 1 N–H and O–H groups in total. The van der Waals surface area contributed by atoms with Gasteiger partial charge in [-0.15, -0.1) is 0 Å². The molecule has 0 aliphatic carbocycles. The first kappa shape index (κ1) is 18.7. The quantitative estimate of drug-likeness (QED) is 0.648. The molecule has 0 amide bonds. The summed E-state index contributed by atoms with van der Waals surface area (Å²) in [5.74, 6) is 1.79. The van der Waals surface area contributed by atoms with Crippen LogP contribution in [0.4, 0.5) is 4.39 Å². The number of imidazole rings is 1. The number of aromatic nitrogens is 2. The van der Waals surface area contributed by atoms with Gasteiger partial charge in [-0.1, -0.05) is 6.92 Å². The van der Waals surface area contributed by atoms with Crippen molar-refractivity contribution >= 4 is 5.96 Å². The molecule has 1 saturated heterocycles. The zero-order valence-corrected chi connectivity index (χ0v) is 16.3. The minimum absolute atomic E-state index is 0.191. The molecule has 150 valence electrons. The number of nitrogens with one attached hydrogen (secondary N) is 1. The molecule has 7 nitrogen and oxygen atoms in total. The number of rotatable bonds is 3. The maximum Gasteiger partial charge on any atom is 0.193 e. The highest BCUT2D eigenvalue weighted by Gasteiger charge is 2.29. The van der Waals surface area contributed by atoms with E-state index in [4.69, 9.17) is 9.47 Å². The van der Waals surface area contributed by atoms with Crippen LogP contribution in [0.15, 0.2) is 35.8 Å². The largest absolute Gasteiger partial charge is 0.467 e. The monoisotopic (exact) mass is 387 g/mol. The van der Waals surface area contributed by atoms with Gasteiger partial charge in [0.15, 0.2) is 12.8 Å². The van der Waals surface area contributed by atoms with Crippen LogP contribution in [0.25, 0.3) is 0 Å². The summed E-state index contributed by atoms with van der Waals surface area (Å²) in [6, 6.07) is 3.32. The van der Waals surface area contributed by atoms with E-state index >= 15 is 0 Å². The van der Waals surface area contributed by atoms with Gasteiger partial charge in [-0.2, -0.15) is 0 Å². The molecule has 3 heterocycles. The SMILES string of the molecule is CN=C(NCc1cc(F)cc2c1OCOC2)N1CCC(C)C(n2ccnc2)C1. The fraction of sp³-hybridized carbons (Fsp3) is 0.500. The van der Waals surface area contributed by atoms with Crippen LogP contribution in [0.1, 0.15) is 30.5 Å². The van der Waals surface area contributed by atoms with Crippen LogP contribution >= 0.6 is 0 Å². The lowest BCUT2D eigenvalue weighted by molar-refractivity contribution is -0.0173. The minimum Gasteiger partial charge on any atom is -0.467 e. The molecule has 0 bridgehead atoms. The molecular weight excluding hydrogens is 361 g/mol. The van der Waals surface area contributed by atoms with Crippen LogP contribution < -0.4 is 10.1 Å². The molecule has 28 heavy (non-hydrogen) atoms. The van der Waals surface area contributed by atoms with Gasteiger partial charge in [0.25, 0.3) is 0 Å². The molecule has 1 fully saturated rings. The smallest absolute Gasteiger partial charge is 0.193 e. The van der Waals surface area contributed by atoms with E-state index in [2.05, 4.69) is 31.7 Å². The standard InChI is InChI=1S/C20H26FN5O2/c1-14-3-5-25(10-18(14)26-6-4-23-12-26)20(22-2)24-9-15-7-17(21)8-16-11-27-13-28-19(15)16/h4,6-8,12,14,18H,3,5,9-11,13H2,1-2H3,(H,22,24). The number of guanidine groups is 1. The molecule has 1 aromatic carbocycles. The minimum atomic E-state index is -0.286. The van der Waals surface area contributed by atoms with Gasteiger partial charge >= 0.3 is 0 Å². The highest BCUT2D eigenvalue weighted by molar-refractivity contribution is 5.80. The van der Waals surface area contributed by atoms with Crippen molar-refractivity contribution in [3.05, 3.63) is 47.8 Å². The van der Waals surface area contributed by atoms with Gasteiger partial charge < -0.3 is 24.3 Å². The van der Waals surface area contributed by atoms with Crippen molar-refractivity contribution < 1.29 is 13.9 Å². The maximum absolute atomic E-state index is 14.0. The van der Waals surface area contributed by atoms with Gasteiger partial charge in [-0.25, -0.2) is 9.37 Å². The van der Waals surface area contributed by atoms with E-state index in [1.807, 2.05) is 18.7 Å². The van der Waals surface area contributed by atoms with Crippen molar-refractivity contribution in [1.29, 1.82) is 0 Å². The van der Waals surface area contributed by atoms with E-state index in [-0.39, 0.29) is 12.6 Å². The number of halogens is 1. The van der Waals surface area contributed by atoms with Crippen molar-refractivity contribution in [2.24, 2.45) is 10.9 Å². The third-order valence-corrected chi connectivity index (χ3v) is 5.53. The van der Waals surface area contributed by atoms with Crippen molar-refractivity contribution in [3.63, 3.8) is 0 Å². The molecular formula is C20H26FN5O2. The summed E-state index contributed by atoms with van der Waals surface area (Å²) < 4.78 is 27.0. The molecule has 1 aromatic heterocycles. The molecule has 2 unspecified atom stereocenters. The van der Waals surface area contributed by atoms with Crippen LogP contribution in [0.3, 0.4) is 0 Å². The third kappa shape index (κ3) is 3.82. The molecule has 8 heteroatoms. The number of aliphatic imine (C=N–C) groups is 1. The van der Waals surface area contributed by atoms with Crippen molar-refractivity contribution in [1.82, 2.24) is 19.8 Å². The lowest BCUT2D eigenvalue weighted by atomic mass is 9.93. The van der Waals surface area contributed by atoms with Crippen molar-refractivity contribution in [3.8, 4) is 5.75 Å². The van der Waals surface area contributed by atoms with E-state index in [0.717, 1.165) is 36.6 Å². The Morgan fingerprint density at radius 3 is 3.11 bits per heavy atom. The van der Waals surface area contributed by atoms with Crippen LogP contribution in [0, 0.1) is 11.7 Å². The molecule has 4 rings (SSSR count). The fourth-order valence-electron chi connectivity index (χ4n) is 3.99. The summed E-state index contributed by atoms with van der Waals surface area (Å²) in [7, 11) is 1.78. The molecule has 2 aliphatic rings. The number of piperidine rings is 1. The zero-order chi connectivity index (χ0) is 19.5. The topological polar surface area (TPSA) is 63.9 Å². The van der Waals surface area contributed by atoms with Crippen molar-refractivity contribution in [2.75, 3.05) is 26.9 Å². The first-order valence-corrected chi connectivity index (χ1v) is 9.60. The Hall–Kier alpha value is -2.61. The number of benzene rings is 1. The van der Waals surface area contributed by atoms with Gasteiger partial charge in [0.1, 0.15) is 11.6 Å². The number of nitrogens with zero attached hydrogens (tertiary/aromatic N) is 4. The predicted molar refractivity (Wildman–Crippen MR) is 104 cm³/mol. The fourth-order valence-corrected chi connectivity index (χ4v) is 3.99. The second kappa shape index (κ2) is 8.18. The molecule has 0 radical (unpaired) electrons. The Morgan fingerprint density at radius 2 is 2.32 bits per heavy atom. The van der Waals surface area contributed by atoms with Crippen LogP contribution in [-0.4, -0.2) is 47.3 Å². The molecule has 0 spiro atoms. The summed E-state index contributed by atoms with van der Waals surface area (Å²) >= 11 is 0. The molecule has 2 aliphatic heterocycles. The number of hydrogen-bond acceptors (Lipinski definition) is 4. The second-order valence-corrected chi connectivity index (χ2v) is 7.35. The Morgan fingerprint density at radius 1 is 1.43 bits per heavy atom. The molecule has 2 aromatic rings. The Kier molecular flexibility index (Phi) is 5.47. The highest BCUT2D eigenvalue weighted by Crippen LogP contribution is 2.30. The summed E-state index contributed by atoms with van der Waals surface area (Å²) in [5.41, 5.74) is 1.51. The first-order valence-electron chi connectivity index (χ1n) is 9.60. The van der Waals surface area contributed by atoms with Crippen LogP contribution in [0.2, 0.25) is 0 Å². The Balaban J connectivity index is 1.46. The number of hydrogen-bond donors (Lipinski definition) is 1. The average molecular weight is 387 g/mol. The summed E-state index contributed by atoms with van der Waals surface area (Å²) in [4.78, 5) is 10.9. The van der Waals surface area contributed by atoms with E-state index in [9.17, 15) is 4.39 Å². The summed E-state index contributed by atoms with van der Waals surface area (Å²) in [6.45, 7) is 5.05. The zero-order valence-electron chi connectivity index (χ0n) is 16.3. The first-order chi connectivity index (χ1) is 13.7. The number of likely N-dealkylation sites (tertiary alicyclic amines) is 1. The van der Waals surface area contributed by atoms with Crippen LogP contribution in [-0.2, 0) is 17.9 Å². The molecule has 0 saturated carbocycles. The van der Waals surface area contributed by atoms with Gasteiger partial charge in [-0.05, 0) is 24.5 Å². The van der Waals surface area contributed by atoms with E-state index in [0.29, 0.717) is 30.9 Å². The van der Waals surface area contributed by atoms with Gasteiger partial charge in [0, 0.05) is 50.2 Å². The number of ether oxygens (including phenoxy) is 2. The maximum atomic E-state index is 14.0. The molecule has 2 atom stereocenters. The van der Waals surface area contributed by atoms with Gasteiger partial charge in [-0.3, -0.25) is 4.99 Å². The van der Waals surface area contributed by atoms with E-state index in [1.54, 1.807) is 7.05 Å². The highest BCUT2D eigenvalue weighted by atomic mass is 19.1. The normalized spacial score (nSPS) is 22.5. The number of fused-ring (bicyclic) bond motifs is 1. The van der Waals surface area contributed by atoms with Gasteiger partial charge in [0.2, 0.25) is 0 Å². The van der Waals surface area contributed by atoms with Gasteiger partial charge in [0.05, 0.1) is 19.0 Å². The Labute approximate surface area is 164 Å². The van der Waals surface area contributed by atoms with E-state index < -0.39 is 0 Å². The lowest BCUT2D eigenvalue weighted by Crippen LogP contribution is -2.48.